The second-order valence-corrected chi connectivity index (χ2v) is 7.15. The molecule has 1 aromatic rings. The first kappa shape index (κ1) is 15.9. The molecule has 1 aliphatic heterocycles. The third-order valence-corrected chi connectivity index (χ3v) is 5.95. The van der Waals surface area contributed by atoms with Crippen LogP contribution in [0.15, 0.2) is 24.5 Å². The van der Waals surface area contributed by atoms with E-state index in [4.69, 9.17) is 9.57 Å². The zero-order chi connectivity index (χ0) is 16.9. The van der Waals surface area contributed by atoms with Crippen molar-refractivity contribution in [3.63, 3.8) is 0 Å². The number of hydrogen-bond acceptors (Lipinski definition) is 5. The molecule has 2 fully saturated rings. The number of esters is 1. The number of nitrogens with one attached hydrogen (secondary N) is 1. The van der Waals surface area contributed by atoms with Gasteiger partial charge in [-0.2, -0.15) is 0 Å². The molecule has 3 atom stereocenters. The van der Waals surface area contributed by atoms with E-state index in [1.54, 1.807) is 12.4 Å². The van der Waals surface area contributed by atoms with E-state index in [-0.39, 0.29) is 12.1 Å². The van der Waals surface area contributed by atoms with Crippen LogP contribution in [0.3, 0.4) is 0 Å². The average molecular weight is 318 g/mol. The molecule has 6 nitrogen and oxygen atoms in total. The molecule has 0 unspecified atom stereocenters. The predicted molar refractivity (Wildman–Crippen MR) is 81.8 cm³/mol. The van der Waals surface area contributed by atoms with Gasteiger partial charge in [0.05, 0.1) is 5.41 Å². The maximum atomic E-state index is 12.7. The second kappa shape index (κ2) is 5.03. The summed E-state index contributed by atoms with van der Waals surface area (Å²) in [4.78, 5) is 34.4. The third-order valence-electron chi connectivity index (χ3n) is 5.95. The van der Waals surface area contributed by atoms with Gasteiger partial charge >= 0.3 is 5.97 Å². The molecule has 1 saturated heterocycles. The van der Waals surface area contributed by atoms with Crippen LogP contribution in [0.4, 0.5) is 0 Å². The number of aromatic nitrogens is 1. The number of fused-ring (bicyclic) bond motifs is 2. The van der Waals surface area contributed by atoms with E-state index in [1.807, 2.05) is 39.8 Å². The lowest BCUT2D eigenvalue weighted by Crippen LogP contribution is -2.53. The first-order valence-electron chi connectivity index (χ1n) is 7.84. The van der Waals surface area contributed by atoms with Crippen molar-refractivity contribution in [1.82, 2.24) is 10.5 Å². The quantitative estimate of drug-likeness (QED) is 0.681. The minimum atomic E-state index is -1.16. The van der Waals surface area contributed by atoms with Gasteiger partial charge in [-0.15, -0.1) is 0 Å². The minimum Gasteiger partial charge on any atom is -0.448 e. The number of carbonyl (C=O) groups excluding carboxylic acids is 2. The maximum Gasteiger partial charge on any atom is 0.313 e. The van der Waals surface area contributed by atoms with Gasteiger partial charge in [0.25, 0.3) is 5.91 Å². The smallest absolute Gasteiger partial charge is 0.313 e. The fraction of sp³-hybridized carbons (Fsp3) is 0.588. The monoisotopic (exact) mass is 318 g/mol. The van der Waals surface area contributed by atoms with Crippen molar-refractivity contribution in [3.8, 4) is 0 Å². The lowest BCUT2D eigenvalue weighted by Gasteiger charge is -2.35. The van der Waals surface area contributed by atoms with Crippen molar-refractivity contribution in [2.24, 2.45) is 10.8 Å². The Hall–Kier alpha value is -1.95. The van der Waals surface area contributed by atoms with Crippen LogP contribution >= 0.6 is 0 Å². The zero-order valence-corrected chi connectivity index (χ0v) is 13.9. The highest BCUT2D eigenvalue weighted by molar-refractivity contribution is 5.95. The molecule has 23 heavy (non-hydrogen) atoms. The molecular formula is C17H22N2O4. The van der Waals surface area contributed by atoms with Crippen LogP contribution in [0.2, 0.25) is 0 Å². The van der Waals surface area contributed by atoms with Gasteiger partial charge in [-0.3, -0.25) is 19.4 Å². The van der Waals surface area contributed by atoms with Gasteiger partial charge < -0.3 is 4.74 Å². The van der Waals surface area contributed by atoms with Crippen molar-refractivity contribution >= 4 is 11.9 Å². The van der Waals surface area contributed by atoms with E-state index in [2.05, 4.69) is 10.5 Å². The fourth-order valence-corrected chi connectivity index (χ4v) is 3.67. The van der Waals surface area contributed by atoms with Gasteiger partial charge in [-0.05, 0) is 44.4 Å². The Morgan fingerprint density at radius 2 is 1.96 bits per heavy atom. The average Bonchev–Trinajstić information content (AvgIpc) is 2.83. The summed E-state index contributed by atoms with van der Waals surface area (Å²) in [5.41, 5.74) is 1.04. The molecule has 3 rings (SSSR count). The molecule has 6 heteroatoms. The molecule has 1 N–H and O–H groups in total. The van der Waals surface area contributed by atoms with Crippen molar-refractivity contribution < 1.29 is 19.2 Å². The van der Waals surface area contributed by atoms with Crippen LogP contribution in [-0.2, 0) is 19.2 Å². The van der Waals surface area contributed by atoms with E-state index >= 15 is 0 Å². The highest BCUT2D eigenvalue weighted by Crippen LogP contribution is 2.65. The minimum absolute atomic E-state index is 0.300. The highest BCUT2D eigenvalue weighted by Gasteiger charge is 2.75. The first-order valence-corrected chi connectivity index (χ1v) is 7.84. The van der Waals surface area contributed by atoms with Crippen LogP contribution in [0.5, 0.6) is 0 Å². The van der Waals surface area contributed by atoms with Crippen LogP contribution in [0, 0.1) is 10.8 Å². The van der Waals surface area contributed by atoms with Crippen molar-refractivity contribution in [2.75, 3.05) is 0 Å². The van der Waals surface area contributed by atoms with Crippen LogP contribution in [0.25, 0.3) is 0 Å². The number of ether oxygens (including phenoxy) is 1. The lowest BCUT2D eigenvalue weighted by molar-refractivity contribution is -0.176. The van der Waals surface area contributed by atoms with Crippen molar-refractivity contribution in [1.29, 1.82) is 0 Å². The summed E-state index contributed by atoms with van der Waals surface area (Å²) in [6.45, 7) is 7.53. The standard InChI is InChI=1S/C17H22N2O4/c1-11(12-5-9-18-10-6-12)23-19-13(20)17-8-7-16(4,14(21)22-17)15(17,2)3/h5-6,9-11H,7-8H2,1-4H3,(H,19,20)/t11-,16-,17+/m0/s1. The first-order chi connectivity index (χ1) is 10.7. The topological polar surface area (TPSA) is 77.5 Å². The number of amides is 1. The van der Waals surface area contributed by atoms with E-state index < -0.39 is 22.3 Å². The Balaban J connectivity index is 1.73. The Kier molecular flexibility index (Phi) is 3.48. The number of hydrogen-bond donors (Lipinski definition) is 1. The van der Waals surface area contributed by atoms with Crippen molar-refractivity contribution in [2.45, 2.75) is 52.2 Å². The molecule has 1 aliphatic carbocycles. The van der Waals surface area contributed by atoms with Crippen molar-refractivity contribution in [3.05, 3.63) is 30.1 Å². The van der Waals surface area contributed by atoms with Gasteiger partial charge in [0, 0.05) is 17.8 Å². The highest BCUT2D eigenvalue weighted by atomic mass is 16.7. The fourth-order valence-electron chi connectivity index (χ4n) is 3.67. The molecule has 2 heterocycles. The molecule has 1 amide bonds. The van der Waals surface area contributed by atoms with E-state index in [1.165, 1.54) is 0 Å². The number of rotatable bonds is 4. The van der Waals surface area contributed by atoms with Crippen LogP contribution in [-0.4, -0.2) is 22.5 Å². The van der Waals surface area contributed by atoms with Gasteiger partial charge in [-0.1, -0.05) is 13.8 Å². The van der Waals surface area contributed by atoms with Gasteiger partial charge in [0.1, 0.15) is 6.10 Å². The molecular weight excluding hydrogens is 296 g/mol. The molecule has 2 bridgehead atoms. The molecule has 1 saturated carbocycles. The maximum absolute atomic E-state index is 12.7. The second-order valence-electron chi connectivity index (χ2n) is 7.15. The summed E-state index contributed by atoms with van der Waals surface area (Å²) >= 11 is 0. The summed E-state index contributed by atoms with van der Waals surface area (Å²) in [7, 11) is 0. The summed E-state index contributed by atoms with van der Waals surface area (Å²) in [6, 6.07) is 3.64. The summed E-state index contributed by atoms with van der Waals surface area (Å²) in [6.07, 6.45) is 4.17. The molecule has 0 spiro atoms. The Morgan fingerprint density at radius 3 is 2.48 bits per heavy atom. The Morgan fingerprint density at radius 1 is 1.30 bits per heavy atom. The number of carbonyl (C=O) groups is 2. The predicted octanol–water partition coefficient (Wildman–Crippen LogP) is 2.31. The lowest BCUT2D eigenvalue weighted by atomic mass is 9.66. The number of pyridine rings is 1. The number of nitrogens with zero attached hydrogens (tertiary/aromatic N) is 1. The summed E-state index contributed by atoms with van der Waals surface area (Å²) in [5, 5.41) is 0. The normalized spacial score (nSPS) is 32.4. The third kappa shape index (κ3) is 2.01. The number of hydroxylamine groups is 1. The molecule has 0 aromatic carbocycles. The van der Waals surface area contributed by atoms with Gasteiger partial charge in [-0.25, -0.2) is 5.48 Å². The molecule has 0 radical (unpaired) electrons. The summed E-state index contributed by atoms with van der Waals surface area (Å²) < 4.78 is 5.52. The van der Waals surface area contributed by atoms with E-state index in [0.29, 0.717) is 12.8 Å². The summed E-state index contributed by atoms with van der Waals surface area (Å²) in [5.74, 6) is -0.691. The largest absolute Gasteiger partial charge is 0.448 e. The van der Waals surface area contributed by atoms with Crippen LogP contribution in [0.1, 0.15) is 52.2 Å². The molecule has 2 aliphatic rings. The van der Waals surface area contributed by atoms with Gasteiger partial charge in [0.15, 0.2) is 5.60 Å². The van der Waals surface area contributed by atoms with E-state index in [9.17, 15) is 9.59 Å². The Labute approximate surface area is 135 Å². The Bertz CT molecular complexity index is 645. The van der Waals surface area contributed by atoms with Crippen LogP contribution < -0.4 is 5.48 Å². The molecule has 1 aromatic heterocycles. The zero-order valence-electron chi connectivity index (χ0n) is 13.9. The van der Waals surface area contributed by atoms with E-state index in [0.717, 1.165) is 5.56 Å². The SMILES string of the molecule is C[C@H](ONC(=O)[C@@]12CC[C@@](C)(C(=O)O1)C2(C)C)c1ccncc1. The van der Waals surface area contributed by atoms with Gasteiger partial charge in [0.2, 0.25) is 0 Å². The molecule has 124 valence electrons.